The quantitative estimate of drug-likeness (QED) is 0.717. The van der Waals surface area contributed by atoms with Crippen LogP contribution in [0.25, 0.3) is 11.0 Å². The third-order valence-electron chi connectivity index (χ3n) is 4.80. The highest BCUT2D eigenvalue weighted by molar-refractivity contribution is 6.30. The van der Waals surface area contributed by atoms with Crippen LogP contribution in [0.1, 0.15) is 24.4 Å². The number of hydrogen-bond donors (Lipinski definition) is 2. The third-order valence-corrected chi connectivity index (χ3v) is 5.03. The van der Waals surface area contributed by atoms with Gasteiger partial charge in [-0.05, 0) is 55.8 Å². The van der Waals surface area contributed by atoms with Crippen molar-refractivity contribution >= 4 is 34.3 Å². The van der Waals surface area contributed by atoms with Crippen LogP contribution in [0, 0.1) is 0 Å². The van der Waals surface area contributed by atoms with Crippen LogP contribution >= 0.6 is 11.6 Å². The number of aromatic nitrogens is 3. The van der Waals surface area contributed by atoms with Crippen LogP contribution in [-0.2, 0) is 0 Å². The average Bonchev–Trinajstić information content (AvgIpc) is 3.16. The predicted molar refractivity (Wildman–Crippen MR) is 105 cm³/mol. The number of nitrogens with two attached hydrogens (primary N) is 1. The van der Waals surface area contributed by atoms with Crippen LogP contribution < -0.4 is 11.1 Å². The summed E-state index contributed by atoms with van der Waals surface area (Å²) in [5.41, 5.74) is 7.57. The van der Waals surface area contributed by atoms with Gasteiger partial charge < -0.3 is 11.1 Å². The van der Waals surface area contributed by atoms with E-state index in [0.717, 1.165) is 35.9 Å². The van der Waals surface area contributed by atoms with Gasteiger partial charge in [0.1, 0.15) is 18.0 Å². The number of pyridine rings is 1. The van der Waals surface area contributed by atoms with Crippen LogP contribution in [0.3, 0.4) is 0 Å². The summed E-state index contributed by atoms with van der Waals surface area (Å²) >= 11 is 6.23. The van der Waals surface area contributed by atoms with Gasteiger partial charge in [-0.3, -0.25) is 4.90 Å². The first-order valence-electron chi connectivity index (χ1n) is 8.81. The van der Waals surface area contributed by atoms with Crippen LogP contribution in [0.2, 0.25) is 5.02 Å². The second-order valence-electron chi connectivity index (χ2n) is 6.52. The molecule has 6 nitrogen and oxygen atoms in total. The number of nitrogen functional groups attached to an aromatic ring is 1. The van der Waals surface area contributed by atoms with E-state index < -0.39 is 0 Å². The van der Waals surface area contributed by atoms with Crippen LogP contribution in [0.15, 0.2) is 42.7 Å². The minimum Gasteiger partial charge on any atom is -0.384 e. The SMILES string of the molecule is Nc1ccc2c(NCC(c3cccc(Cl)c3)N3CCCC3)ncnc2n1. The lowest BCUT2D eigenvalue weighted by atomic mass is 10.1. The molecule has 1 unspecified atom stereocenters. The molecule has 1 saturated heterocycles. The van der Waals surface area contributed by atoms with Crippen molar-refractivity contribution in [2.45, 2.75) is 18.9 Å². The van der Waals surface area contributed by atoms with Gasteiger partial charge in [-0.25, -0.2) is 15.0 Å². The fraction of sp³-hybridized carbons (Fsp3) is 0.316. The third kappa shape index (κ3) is 3.57. The Labute approximate surface area is 157 Å². The number of likely N-dealkylation sites (tertiary alicyclic amines) is 1. The molecule has 3 aromatic rings. The summed E-state index contributed by atoms with van der Waals surface area (Å²) in [4.78, 5) is 15.4. The second-order valence-corrected chi connectivity index (χ2v) is 6.96. The monoisotopic (exact) mass is 368 g/mol. The molecule has 1 atom stereocenters. The first-order chi connectivity index (χ1) is 12.7. The summed E-state index contributed by atoms with van der Waals surface area (Å²) in [6.07, 6.45) is 3.98. The number of nitrogens with zero attached hydrogens (tertiary/aromatic N) is 4. The maximum absolute atomic E-state index is 6.23. The Balaban J connectivity index is 1.60. The molecule has 0 saturated carbocycles. The molecule has 0 spiro atoms. The molecule has 3 N–H and O–H groups in total. The number of benzene rings is 1. The number of anilines is 2. The van der Waals surface area contributed by atoms with E-state index in [0.29, 0.717) is 11.5 Å². The van der Waals surface area contributed by atoms with Crippen LogP contribution in [0.4, 0.5) is 11.6 Å². The highest BCUT2D eigenvalue weighted by atomic mass is 35.5. The minimum atomic E-state index is 0.239. The lowest BCUT2D eigenvalue weighted by molar-refractivity contribution is 0.256. The molecule has 1 aliphatic heterocycles. The van der Waals surface area contributed by atoms with Crippen molar-refractivity contribution < 1.29 is 0 Å². The van der Waals surface area contributed by atoms with Gasteiger partial charge in [0.05, 0.1) is 11.4 Å². The molecule has 134 valence electrons. The summed E-state index contributed by atoms with van der Waals surface area (Å²) in [6.45, 7) is 2.93. The van der Waals surface area contributed by atoms with Crippen molar-refractivity contribution in [2.75, 3.05) is 30.7 Å². The molecule has 4 rings (SSSR count). The Hall–Kier alpha value is -2.44. The lowest BCUT2D eigenvalue weighted by Crippen LogP contribution is -2.31. The first kappa shape index (κ1) is 17.0. The zero-order valence-electron chi connectivity index (χ0n) is 14.4. The molecule has 0 bridgehead atoms. The van der Waals surface area contributed by atoms with E-state index >= 15 is 0 Å². The van der Waals surface area contributed by atoms with Crippen molar-refractivity contribution in [2.24, 2.45) is 0 Å². The molecule has 2 aromatic heterocycles. The summed E-state index contributed by atoms with van der Waals surface area (Å²) in [5.74, 6) is 1.23. The first-order valence-corrected chi connectivity index (χ1v) is 9.19. The standard InChI is InChI=1S/C19H21ClN6/c20-14-5-3-4-13(10-14)16(26-8-1-2-9-26)11-22-18-15-6-7-17(21)25-19(15)24-12-23-18/h3-7,10,12,16H,1-2,8-9,11H2,(H3,21,22,23,24,25). The Kier molecular flexibility index (Phi) is 4.86. The molecule has 0 radical (unpaired) electrons. The highest BCUT2D eigenvalue weighted by Crippen LogP contribution is 2.28. The zero-order valence-corrected chi connectivity index (χ0v) is 15.2. The van der Waals surface area contributed by atoms with Gasteiger partial charge in [0.25, 0.3) is 0 Å². The molecule has 7 heteroatoms. The Morgan fingerprint density at radius 2 is 2.00 bits per heavy atom. The number of hydrogen-bond acceptors (Lipinski definition) is 6. The Bertz CT molecular complexity index is 909. The van der Waals surface area contributed by atoms with Crippen molar-refractivity contribution in [1.29, 1.82) is 0 Å². The normalized spacial score (nSPS) is 16.0. The van der Waals surface area contributed by atoms with E-state index in [1.165, 1.54) is 24.7 Å². The van der Waals surface area contributed by atoms with Gasteiger partial charge in [0.15, 0.2) is 5.65 Å². The van der Waals surface area contributed by atoms with Crippen molar-refractivity contribution in [3.8, 4) is 0 Å². The Morgan fingerprint density at radius 3 is 2.81 bits per heavy atom. The Morgan fingerprint density at radius 1 is 1.15 bits per heavy atom. The summed E-state index contributed by atoms with van der Waals surface area (Å²) < 4.78 is 0. The largest absolute Gasteiger partial charge is 0.384 e. The molecule has 26 heavy (non-hydrogen) atoms. The predicted octanol–water partition coefficient (Wildman–Crippen LogP) is 3.51. The van der Waals surface area contributed by atoms with E-state index in [-0.39, 0.29) is 6.04 Å². The summed E-state index contributed by atoms with van der Waals surface area (Å²) in [7, 11) is 0. The van der Waals surface area contributed by atoms with E-state index in [9.17, 15) is 0 Å². The van der Waals surface area contributed by atoms with Crippen LogP contribution in [0.5, 0.6) is 0 Å². The maximum Gasteiger partial charge on any atom is 0.166 e. The molecule has 1 fully saturated rings. The maximum atomic E-state index is 6.23. The van der Waals surface area contributed by atoms with E-state index in [2.05, 4.69) is 31.2 Å². The van der Waals surface area contributed by atoms with E-state index in [4.69, 9.17) is 17.3 Å². The molecule has 1 aliphatic rings. The smallest absolute Gasteiger partial charge is 0.166 e. The topological polar surface area (TPSA) is 80.0 Å². The molecular weight excluding hydrogens is 348 g/mol. The van der Waals surface area contributed by atoms with E-state index in [1.807, 2.05) is 24.3 Å². The highest BCUT2D eigenvalue weighted by Gasteiger charge is 2.24. The number of fused-ring (bicyclic) bond motifs is 1. The fourth-order valence-electron chi connectivity index (χ4n) is 3.52. The van der Waals surface area contributed by atoms with Gasteiger partial charge in [-0.15, -0.1) is 0 Å². The molecule has 3 heterocycles. The molecule has 0 aliphatic carbocycles. The summed E-state index contributed by atoms with van der Waals surface area (Å²) in [6, 6.07) is 12.0. The number of nitrogens with one attached hydrogen (secondary N) is 1. The average molecular weight is 369 g/mol. The number of rotatable bonds is 5. The van der Waals surface area contributed by atoms with Crippen molar-refractivity contribution in [1.82, 2.24) is 19.9 Å². The van der Waals surface area contributed by atoms with Gasteiger partial charge in [0, 0.05) is 11.6 Å². The van der Waals surface area contributed by atoms with Gasteiger partial charge in [-0.2, -0.15) is 0 Å². The lowest BCUT2D eigenvalue weighted by Gasteiger charge is -2.28. The minimum absolute atomic E-state index is 0.239. The van der Waals surface area contributed by atoms with Gasteiger partial charge >= 0.3 is 0 Å². The fourth-order valence-corrected chi connectivity index (χ4v) is 3.71. The van der Waals surface area contributed by atoms with Crippen molar-refractivity contribution in [3.63, 3.8) is 0 Å². The summed E-state index contributed by atoms with van der Waals surface area (Å²) in [5, 5.41) is 5.12. The number of halogens is 1. The zero-order chi connectivity index (χ0) is 17.9. The van der Waals surface area contributed by atoms with E-state index in [1.54, 1.807) is 6.07 Å². The molecule has 1 aromatic carbocycles. The van der Waals surface area contributed by atoms with Gasteiger partial charge in [-0.1, -0.05) is 23.7 Å². The van der Waals surface area contributed by atoms with Crippen LogP contribution in [-0.4, -0.2) is 39.5 Å². The molecular formula is C19H21ClN6. The van der Waals surface area contributed by atoms with Gasteiger partial charge in [0.2, 0.25) is 0 Å². The van der Waals surface area contributed by atoms with Crippen molar-refractivity contribution in [3.05, 3.63) is 53.3 Å². The molecule has 0 amide bonds. The second kappa shape index (κ2) is 7.43.